The van der Waals surface area contributed by atoms with Crippen molar-refractivity contribution in [2.75, 3.05) is 26.6 Å². The Morgan fingerprint density at radius 3 is 2.88 bits per heavy atom. The van der Waals surface area contributed by atoms with Crippen molar-refractivity contribution in [1.29, 1.82) is 0 Å². The molecular formula is C18H20ClNO5. The van der Waals surface area contributed by atoms with Gasteiger partial charge in [0.15, 0.2) is 17.8 Å². The van der Waals surface area contributed by atoms with Gasteiger partial charge in [-0.1, -0.05) is 11.6 Å². The van der Waals surface area contributed by atoms with Gasteiger partial charge in [-0.15, -0.1) is 0 Å². The zero-order chi connectivity index (χ0) is 17.2. The number of hydrogen-bond donors (Lipinski definition) is 0. The van der Waals surface area contributed by atoms with Crippen LogP contribution in [0.2, 0.25) is 5.02 Å². The highest BCUT2D eigenvalue weighted by molar-refractivity contribution is 6.32. The molecule has 6 nitrogen and oxygen atoms in total. The number of amides is 1. The Morgan fingerprint density at radius 2 is 2.04 bits per heavy atom. The Labute approximate surface area is 151 Å². The van der Waals surface area contributed by atoms with Gasteiger partial charge in [0, 0.05) is 12.6 Å². The first kappa shape index (κ1) is 16.7. The molecule has 1 amide bonds. The van der Waals surface area contributed by atoms with Crippen LogP contribution in [0.15, 0.2) is 18.2 Å². The number of nitrogens with zero attached hydrogens (tertiary/aromatic N) is 1. The summed E-state index contributed by atoms with van der Waals surface area (Å²) in [6, 6.07) is 3.55. The Bertz CT molecular complexity index is 686. The Morgan fingerprint density at radius 1 is 1.20 bits per heavy atom. The van der Waals surface area contributed by atoms with Gasteiger partial charge in [-0.05, 0) is 43.0 Å². The maximum Gasteiger partial charge on any atom is 0.246 e. The molecule has 3 aliphatic rings. The van der Waals surface area contributed by atoms with Gasteiger partial charge in [0.2, 0.25) is 12.7 Å². The first-order valence-electron chi connectivity index (χ1n) is 8.53. The fourth-order valence-electron chi connectivity index (χ4n) is 3.46. The van der Waals surface area contributed by atoms with Crippen LogP contribution in [0.1, 0.15) is 24.8 Å². The molecule has 1 atom stereocenters. The van der Waals surface area contributed by atoms with Crippen LogP contribution in [0.3, 0.4) is 0 Å². The summed E-state index contributed by atoms with van der Waals surface area (Å²) in [4.78, 5) is 14.5. The number of piperidine rings is 1. The zero-order valence-corrected chi connectivity index (χ0v) is 14.5. The van der Waals surface area contributed by atoms with Crippen LogP contribution in [0, 0.1) is 0 Å². The normalized spacial score (nSPS) is 23.6. The van der Waals surface area contributed by atoms with Crippen molar-refractivity contribution in [3.8, 4) is 11.5 Å². The molecule has 1 aromatic rings. The maximum absolute atomic E-state index is 12.7. The molecule has 0 aliphatic carbocycles. The second-order valence-corrected chi connectivity index (χ2v) is 6.68. The van der Waals surface area contributed by atoms with E-state index < -0.39 is 0 Å². The van der Waals surface area contributed by atoms with E-state index in [0.717, 1.165) is 31.4 Å². The second-order valence-electron chi connectivity index (χ2n) is 6.27. The molecule has 4 rings (SSSR count). The van der Waals surface area contributed by atoms with Crippen LogP contribution in [0.5, 0.6) is 11.5 Å². The van der Waals surface area contributed by atoms with Crippen molar-refractivity contribution >= 4 is 23.6 Å². The fraction of sp³-hybridized carbons (Fsp3) is 0.500. The number of halogens is 1. The predicted molar refractivity (Wildman–Crippen MR) is 91.7 cm³/mol. The Balaban J connectivity index is 1.48. The average molecular weight is 366 g/mol. The van der Waals surface area contributed by atoms with Gasteiger partial charge in [0.05, 0.1) is 24.3 Å². The number of fused-ring (bicyclic) bond motifs is 1. The van der Waals surface area contributed by atoms with Crippen molar-refractivity contribution in [3.05, 3.63) is 28.8 Å². The summed E-state index contributed by atoms with van der Waals surface area (Å²) < 4.78 is 21.9. The molecule has 0 unspecified atom stereocenters. The number of rotatable bonds is 3. The lowest BCUT2D eigenvalue weighted by molar-refractivity contribution is -0.145. The minimum atomic E-state index is -0.308. The molecule has 0 aromatic heterocycles. The lowest BCUT2D eigenvalue weighted by Crippen LogP contribution is -2.49. The van der Waals surface area contributed by atoms with Gasteiger partial charge < -0.3 is 23.8 Å². The number of carbonyl (C=O) groups is 1. The molecule has 3 heterocycles. The van der Waals surface area contributed by atoms with Crippen molar-refractivity contribution in [1.82, 2.24) is 4.90 Å². The SMILES string of the molecule is O=C(/C=C\c1cc(Cl)c2c(c1)OCO2)N1CCCC[C@@H]1C1OCCO1. The van der Waals surface area contributed by atoms with Crippen LogP contribution >= 0.6 is 11.6 Å². The summed E-state index contributed by atoms with van der Waals surface area (Å²) in [6.45, 7) is 2.07. The van der Waals surface area contributed by atoms with Crippen molar-refractivity contribution in [2.45, 2.75) is 31.6 Å². The highest BCUT2D eigenvalue weighted by Gasteiger charge is 2.35. The van der Waals surface area contributed by atoms with Crippen LogP contribution in [-0.4, -0.2) is 49.7 Å². The quantitative estimate of drug-likeness (QED) is 0.771. The van der Waals surface area contributed by atoms with Gasteiger partial charge in [-0.3, -0.25) is 4.79 Å². The molecule has 0 spiro atoms. The molecule has 0 bridgehead atoms. The summed E-state index contributed by atoms with van der Waals surface area (Å²) in [5.41, 5.74) is 0.796. The van der Waals surface area contributed by atoms with E-state index in [0.29, 0.717) is 29.7 Å². The smallest absolute Gasteiger partial charge is 0.246 e. The third kappa shape index (κ3) is 3.47. The molecule has 2 fully saturated rings. The number of ether oxygens (including phenoxy) is 4. The molecule has 7 heteroatoms. The van der Waals surface area contributed by atoms with Gasteiger partial charge >= 0.3 is 0 Å². The standard InChI is InChI=1S/C18H20ClNO5/c19-13-9-12(10-15-17(13)25-11-24-15)4-5-16(21)20-6-2-1-3-14(20)18-22-7-8-23-18/h4-5,9-10,14,18H,1-3,6-8,11H2/b5-4-/t14-/m1/s1. The van der Waals surface area contributed by atoms with Crippen LogP contribution < -0.4 is 9.47 Å². The summed E-state index contributed by atoms with van der Waals surface area (Å²) in [6.07, 6.45) is 6.00. The topological polar surface area (TPSA) is 57.2 Å². The van der Waals surface area contributed by atoms with Gasteiger partial charge in [-0.25, -0.2) is 0 Å². The van der Waals surface area contributed by atoms with Crippen LogP contribution in [-0.2, 0) is 14.3 Å². The number of benzene rings is 1. The van der Waals surface area contributed by atoms with Crippen molar-refractivity contribution in [2.24, 2.45) is 0 Å². The van der Waals surface area contributed by atoms with E-state index >= 15 is 0 Å². The predicted octanol–water partition coefficient (Wildman–Crippen LogP) is 2.84. The molecule has 0 N–H and O–H groups in total. The van der Waals surface area contributed by atoms with Gasteiger partial charge in [0.25, 0.3) is 0 Å². The first-order chi connectivity index (χ1) is 12.2. The average Bonchev–Trinajstić information content (AvgIpc) is 3.31. The molecule has 1 aromatic carbocycles. The number of likely N-dealkylation sites (tertiary alicyclic amines) is 1. The van der Waals surface area contributed by atoms with Gasteiger partial charge in [0.1, 0.15) is 0 Å². The molecule has 3 aliphatic heterocycles. The van der Waals surface area contributed by atoms with E-state index in [9.17, 15) is 4.79 Å². The lowest BCUT2D eigenvalue weighted by atomic mass is 10.0. The molecule has 134 valence electrons. The monoisotopic (exact) mass is 365 g/mol. The Hall–Kier alpha value is -1.76. The number of carbonyl (C=O) groups excluding carboxylic acids is 1. The van der Waals surface area contributed by atoms with E-state index in [-0.39, 0.29) is 25.0 Å². The lowest BCUT2D eigenvalue weighted by Gasteiger charge is -2.37. The van der Waals surface area contributed by atoms with Crippen LogP contribution in [0.25, 0.3) is 6.08 Å². The summed E-state index contributed by atoms with van der Waals surface area (Å²) in [7, 11) is 0. The third-order valence-electron chi connectivity index (χ3n) is 4.66. The maximum atomic E-state index is 12.7. The molecular weight excluding hydrogens is 346 g/mol. The van der Waals surface area contributed by atoms with E-state index in [2.05, 4.69) is 0 Å². The molecule has 2 saturated heterocycles. The third-order valence-corrected chi connectivity index (χ3v) is 4.94. The summed E-state index contributed by atoms with van der Waals surface area (Å²) >= 11 is 6.18. The second kappa shape index (κ2) is 7.23. The summed E-state index contributed by atoms with van der Waals surface area (Å²) in [5.74, 6) is 1.11. The summed E-state index contributed by atoms with van der Waals surface area (Å²) in [5, 5.41) is 0.478. The van der Waals surface area contributed by atoms with E-state index in [4.69, 9.17) is 30.5 Å². The highest BCUT2D eigenvalue weighted by Crippen LogP contribution is 2.40. The Kier molecular flexibility index (Phi) is 4.83. The number of hydrogen-bond acceptors (Lipinski definition) is 5. The zero-order valence-electron chi connectivity index (χ0n) is 13.8. The van der Waals surface area contributed by atoms with E-state index in [1.165, 1.54) is 0 Å². The minimum absolute atomic E-state index is 0.0197. The largest absolute Gasteiger partial charge is 0.454 e. The van der Waals surface area contributed by atoms with E-state index in [1.807, 2.05) is 11.0 Å². The fourth-order valence-corrected chi connectivity index (χ4v) is 3.73. The molecule has 25 heavy (non-hydrogen) atoms. The van der Waals surface area contributed by atoms with Crippen LogP contribution in [0.4, 0.5) is 0 Å². The molecule has 0 saturated carbocycles. The highest BCUT2D eigenvalue weighted by atomic mass is 35.5. The minimum Gasteiger partial charge on any atom is -0.454 e. The van der Waals surface area contributed by atoms with Crippen molar-refractivity contribution < 1.29 is 23.7 Å². The van der Waals surface area contributed by atoms with E-state index in [1.54, 1.807) is 18.2 Å². The van der Waals surface area contributed by atoms with Gasteiger partial charge in [-0.2, -0.15) is 0 Å². The van der Waals surface area contributed by atoms with Crippen molar-refractivity contribution in [3.63, 3.8) is 0 Å². The first-order valence-corrected chi connectivity index (χ1v) is 8.91. The molecule has 0 radical (unpaired) electrons.